The van der Waals surface area contributed by atoms with E-state index in [1.807, 2.05) is 72.8 Å². The van der Waals surface area contributed by atoms with Gasteiger partial charge in [0.1, 0.15) is 23.0 Å². The van der Waals surface area contributed by atoms with Crippen LogP contribution >= 0.6 is 0 Å². The Morgan fingerprint density at radius 1 is 0.400 bits per heavy atom. The molecule has 4 aromatic rings. The smallest absolute Gasteiger partial charge is 0.132 e. The second-order valence-corrected chi connectivity index (χ2v) is 7.51. The Balaban J connectivity index is 1.39. The molecule has 4 heteroatoms. The third kappa shape index (κ3) is 2.77. The van der Waals surface area contributed by atoms with Crippen LogP contribution in [0.15, 0.2) is 97.1 Å². The lowest BCUT2D eigenvalue weighted by Gasteiger charge is -2.33. The summed E-state index contributed by atoms with van der Waals surface area (Å²) < 4.78 is 12.2. The lowest BCUT2D eigenvalue weighted by molar-refractivity contribution is 0.367. The van der Waals surface area contributed by atoms with Gasteiger partial charge in [0.05, 0.1) is 12.1 Å². The molecule has 0 radical (unpaired) electrons. The first-order chi connectivity index (χ1) is 14.9. The Morgan fingerprint density at radius 3 is 0.967 bits per heavy atom. The first-order valence-corrected chi connectivity index (χ1v) is 10.1. The van der Waals surface area contributed by atoms with E-state index < -0.39 is 0 Å². The van der Waals surface area contributed by atoms with Crippen LogP contribution in [0.3, 0.4) is 0 Å². The highest BCUT2D eigenvalue weighted by molar-refractivity contribution is 5.54. The molecule has 0 bridgehead atoms. The van der Waals surface area contributed by atoms with Gasteiger partial charge in [-0.1, -0.05) is 72.8 Å². The van der Waals surface area contributed by atoms with Gasteiger partial charge in [-0.15, -0.1) is 0 Å². The molecule has 0 spiro atoms. The Kier molecular flexibility index (Phi) is 4.04. The molecule has 2 aliphatic heterocycles. The zero-order chi connectivity index (χ0) is 19.9. The van der Waals surface area contributed by atoms with E-state index in [9.17, 15) is 0 Å². The van der Waals surface area contributed by atoms with Gasteiger partial charge in [0.15, 0.2) is 0 Å². The van der Waals surface area contributed by atoms with Crippen LogP contribution in [0.1, 0.15) is 34.3 Å². The van der Waals surface area contributed by atoms with E-state index in [1.54, 1.807) is 0 Å². The fourth-order valence-corrected chi connectivity index (χ4v) is 4.30. The lowest BCUT2D eigenvalue weighted by atomic mass is 9.94. The van der Waals surface area contributed by atoms with Gasteiger partial charge in [-0.2, -0.15) is 0 Å². The number of nitrogens with one attached hydrogen (secondary N) is 2. The molecule has 0 saturated heterocycles. The second-order valence-electron chi connectivity index (χ2n) is 7.51. The lowest BCUT2D eigenvalue weighted by Crippen LogP contribution is -2.41. The third-order valence-electron chi connectivity index (χ3n) is 5.73. The van der Waals surface area contributed by atoms with Crippen molar-refractivity contribution in [2.75, 3.05) is 0 Å². The number of rotatable bonds is 3. The van der Waals surface area contributed by atoms with Crippen molar-refractivity contribution in [3.8, 4) is 23.0 Å². The molecule has 0 fully saturated rings. The van der Waals surface area contributed by atoms with Gasteiger partial charge in [-0.3, -0.25) is 0 Å². The van der Waals surface area contributed by atoms with Crippen molar-refractivity contribution >= 4 is 0 Å². The molecule has 0 unspecified atom stereocenters. The number of hydrazine groups is 1. The monoisotopic (exact) mass is 392 g/mol. The fraction of sp³-hybridized carbons (Fsp3) is 0.0769. The molecule has 0 atom stereocenters. The molecule has 30 heavy (non-hydrogen) atoms. The van der Waals surface area contributed by atoms with Crippen molar-refractivity contribution in [2.24, 2.45) is 0 Å². The molecule has 146 valence electrons. The molecule has 6 rings (SSSR count). The van der Waals surface area contributed by atoms with E-state index in [4.69, 9.17) is 9.47 Å². The van der Waals surface area contributed by atoms with Crippen LogP contribution in [0.4, 0.5) is 0 Å². The average molecular weight is 392 g/mol. The van der Waals surface area contributed by atoms with E-state index in [-0.39, 0.29) is 12.1 Å². The van der Waals surface area contributed by atoms with Gasteiger partial charge >= 0.3 is 0 Å². The molecule has 4 nitrogen and oxygen atoms in total. The van der Waals surface area contributed by atoms with Gasteiger partial charge in [0, 0.05) is 22.3 Å². The predicted molar refractivity (Wildman–Crippen MR) is 116 cm³/mol. The number of ether oxygens (including phenoxy) is 2. The first-order valence-electron chi connectivity index (χ1n) is 10.1. The van der Waals surface area contributed by atoms with E-state index in [0.717, 1.165) is 45.3 Å². The number of hydrogen-bond donors (Lipinski definition) is 2. The Morgan fingerprint density at radius 2 is 0.667 bits per heavy atom. The maximum atomic E-state index is 6.12. The van der Waals surface area contributed by atoms with Crippen molar-refractivity contribution < 1.29 is 9.47 Å². The fourth-order valence-electron chi connectivity index (χ4n) is 4.30. The van der Waals surface area contributed by atoms with Gasteiger partial charge in [0.2, 0.25) is 0 Å². The van der Waals surface area contributed by atoms with Crippen molar-refractivity contribution in [1.29, 1.82) is 0 Å². The molecule has 2 heterocycles. The summed E-state index contributed by atoms with van der Waals surface area (Å²) >= 11 is 0. The maximum absolute atomic E-state index is 6.12. The first kappa shape index (κ1) is 17.3. The number of hydrogen-bond acceptors (Lipinski definition) is 4. The summed E-state index contributed by atoms with van der Waals surface area (Å²) in [4.78, 5) is 0. The van der Waals surface area contributed by atoms with Gasteiger partial charge in [-0.05, 0) is 24.3 Å². The summed E-state index contributed by atoms with van der Waals surface area (Å²) in [5.41, 5.74) is 11.6. The molecule has 0 aromatic heterocycles. The molecule has 0 saturated carbocycles. The zero-order valence-corrected chi connectivity index (χ0v) is 16.2. The SMILES string of the molecule is c1ccc2c(c1)Oc1ccccc1C2NNC1c2ccccc2Oc2ccccc21. The van der Waals surface area contributed by atoms with Crippen molar-refractivity contribution in [2.45, 2.75) is 12.1 Å². The Hall–Kier alpha value is -3.60. The summed E-state index contributed by atoms with van der Waals surface area (Å²) in [6.07, 6.45) is 0. The Labute approximate surface area is 175 Å². The van der Waals surface area contributed by atoms with E-state index >= 15 is 0 Å². The molecular formula is C26H20N2O2. The number of fused-ring (bicyclic) bond motifs is 4. The van der Waals surface area contributed by atoms with Crippen molar-refractivity contribution in [3.05, 3.63) is 119 Å². The normalized spacial score (nSPS) is 14.5. The minimum Gasteiger partial charge on any atom is -0.457 e. The average Bonchev–Trinajstić information content (AvgIpc) is 2.81. The van der Waals surface area contributed by atoms with Crippen LogP contribution in [0.2, 0.25) is 0 Å². The van der Waals surface area contributed by atoms with Crippen LogP contribution in [0, 0.1) is 0 Å². The molecule has 2 aliphatic rings. The second kappa shape index (κ2) is 7.02. The Bertz CT molecular complexity index is 1050. The van der Waals surface area contributed by atoms with Crippen LogP contribution in [-0.4, -0.2) is 0 Å². The van der Waals surface area contributed by atoms with Gasteiger partial charge < -0.3 is 9.47 Å². The predicted octanol–water partition coefficient (Wildman–Crippen LogP) is 5.87. The van der Waals surface area contributed by atoms with Crippen molar-refractivity contribution in [1.82, 2.24) is 10.9 Å². The highest BCUT2D eigenvalue weighted by atomic mass is 16.5. The van der Waals surface area contributed by atoms with Gasteiger partial charge in [0.25, 0.3) is 0 Å². The van der Waals surface area contributed by atoms with E-state index in [0.29, 0.717) is 0 Å². The quantitative estimate of drug-likeness (QED) is 0.428. The molecule has 4 aromatic carbocycles. The summed E-state index contributed by atoms with van der Waals surface area (Å²) in [6, 6.07) is 32.6. The minimum absolute atomic E-state index is 0.0340. The topological polar surface area (TPSA) is 42.5 Å². The highest BCUT2D eigenvalue weighted by Gasteiger charge is 2.30. The summed E-state index contributed by atoms with van der Waals surface area (Å²) in [7, 11) is 0. The van der Waals surface area contributed by atoms with E-state index in [2.05, 4.69) is 35.1 Å². The highest BCUT2D eigenvalue weighted by Crippen LogP contribution is 2.44. The van der Waals surface area contributed by atoms with Crippen LogP contribution in [0.25, 0.3) is 0 Å². The molecular weight excluding hydrogens is 372 g/mol. The summed E-state index contributed by atoms with van der Waals surface area (Å²) in [5, 5.41) is 0. The number of para-hydroxylation sites is 4. The zero-order valence-electron chi connectivity index (χ0n) is 16.2. The molecule has 0 amide bonds. The standard InChI is InChI=1S/C26H20N2O2/c1-5-13-21-17(9-1)25(18-10-2-6-14-22(18)29-21)27-28-26-19-11-3-7-15-23(19)30-24-16-8-4-12-20(24)26/h1-16,25-28H. The van der Waals surface area contributed by atoms with E-state index in [1.165, 1.54) is 0 Å². The van der Waals surface area contributed by atoms with Gasteiger partial charge in [-0.25, -0.2) is 10.9 Å². The summed E-state index contributed by atoms with van der Waals surface area (Å²) in [5.74, 6) is 3.51. The maximum Gasteiger partial charge on any atom is 0.132 e. The minimum atomic E-state index is -0.0340. The molecule has 2 N–H and O–H groups in total. The summed E-state index contributed by atoms with van der Waals surface area (Å²) in [6.45, 7) is 0. The van der Waals surface area contributed by atoms with Crippen molar-refractivity contribution in [3.63, 3.8) is 0 Å². The third-order valence-corrected chi connectivity index (χ3v) is 5.73. The largest absolute Gasteiger partial charge is 0.457 e. The van der Waals surface area contributed by atoms with Crippen LogP contribution in [0.5, 0.6) is 23.0 Å². The number of benzene rings is 4. The molecule has 0 aliphatic carbocycles. The van der Waals surface area contributed by atoms with Crippen LogP contribution in [-0.2, 0) is 0 Å². The van der Waals surface area contributed by atoms with Crippen LogP contribution < -0.4 is 20.3 Å².